The van der Waals surface area contributed by atoms with E-state index in [9.17, 15) is 0 Å². The third-order valence-corrected chi connectivity index (χ3v) is 3.17. The molecule has 0 saturated carbocycles. The summed E-state index contributed by atoms with van der Waals surface area (Å²) in [4.78, 5) is 8.76. The number of aromatic nitrogens is 2. The van der Waals surface area contributed by atoms with E-state index in [0.717, 1.165) is 5.56 Å². The van der Waals surface area contributed by atoms with Crippen molar-refractivity contribution in [3.63, 3.8) is 0 Å². The maximum atomic E-state index is 5.86. The van der Waals surface area contributed by atoms with Crippen LogP contribution in [0.15, 0.2) is 36.4 Å². The minimum absolute atomic E-state index is 0.0371. The predicted molar refractivity (Wildman–Crippen MR) is 80.9 cm³/mol. The van der Waals surface area contributed by atoms with E-state index in [2.05, 4.69) is 15.3 Å². The van der Waals surface area contributed by atoms with Crippen molar-refractivity contribution in [1.29, 1.82) is 0 Å². The van der Waals surface area contributed by atoms with Crippen molar-refractivity contribution in [2.75, 3.05) is 37.4 Å². The topological polar surface area (TPSA) is 82.3 Å². The normalized spacial score (nSPS) is 18.4. The fraction of sp³-hybridized carbons (Fsp3) is 0.333. The van der Waals surface area contributed by atoms with E-state index in [1.165, 1.54) is 0 Å². The average molecular weight is 286 g/mol. The minimum Gasteiger partial charge on any atom is -0.384 e. The zero-order chi connectivity index (χ0) is 14.5. The van der Waals surface area contributed by atoms with Crippen molar-refractivity contribution in [1.82, 2.24) is 9.97 Å². The fourth-order valence-electron chi connectivity index (χ4n) is 2.15. The molecule has 0 spiro atoms. The van der Waals surface area contributed by atoms with Crippen LogP contribution in [0.2, 0.25) is 0 Å². The Hall–Kier alpha value is -2.18. The highest BCUT2D eigenvalue weighted by Crippen LogP contribution is 2.18. The summed E-state index contributed by atoms with van der Waals surface area (Å²) in [5, 5.41) is 3.23. The lowest BCUT2D eigenvalue weighted by molar-refractivity contribution is -0.0819. The van der Waals surface area contributed by atoms with Crippen LogP contribution in [0.5, 0.6) is 0 Å². The largest absolute Gasteiger partial charge is 0.384 e. The molecule has 21 heavy (non-hydrogen) atoms. The molecule has 1 aromatic heterocycles. The second-order valence-corrected chi connectivity index (χ2v) is 4.82. The molecular weight excluding hydrogens is 268 g/mol. The van der Waals surface area contributed by atoms with E-state index < -0.39 is 0 Å². The van der Waals surface area contributed by atoms with Gasteiger partial charge in [0.2, 0.25) is 0 Å². The highest BCUT2D eigenvalue weighted by molar-refractivity contribution is 5.60. The molecule has 2 heterocycles. The van der Waals surface area contributed by atoms with Gasteiger partial charge in [-0.05, 0) is 0 Å². The van der Waals surface area contributed by atoms with Crippen LogP contribution in [0.25, 0.3) is 11.4 Å². The highest BCUT2D eigenvalue weighted by Gasteiger charge is 2.14. The van der Waals surface area contributed by atoms with Crippen LogP contribution in [-0.2, 0) is 9.47 Å². The van der Waals surface area contributed by atoms with Crippen LogP contribution >= 0.6 is 0 Å². The SMILES string of the molecule is Nc1cc(NCC2COCCO2)nc(-c2ccccc2)n1. The van der Waals surface area contributed by atoms with Crippen molar-refractivity contribution in [3.8, 4) is 11.4 Å². The van der Waals surface area contributed by atoms with Gasteiger partial charge in [-0.1, -0.05) is 30.3 Å². The maximum Gasteiger partial charge on any atom is 0.163 e. The molecule has 110 valence electrons. The Labute approximate surface area is 123 Å². The van der Waals surface area contributed by atoms with Crippen LogP contribution in [0.4, 0.5) is 11.6 Å². The first-order chi connectivity index (χ1) is 10.3. The van der Waals surface area contributed by atoms with Gasteiger partial charge in [0.15, 0.2) is 5.82 Å². The van der Waals surface area contributed by atoms with Crippen LogP contribution in [0, 0.1) is 0 Å². The summed E-state index contributed by atoms with van der Waals surface area (Å²) in [6, 6.07) is 11.5. The number of anilines is 2. The van der Waals surface area contributed by atoms with Crippen molar-refractivity contribution in [2.24, 2.45) is 0 Å². The monoisotopic (exact) mass is 286 g/mol. The standard InChI is InChI=1S/C15H18N4O2/c16-13-8-14(17-9-12-10-20-6-7-21-12)19-15(18-13)11-4-2-1-3-5-11/h1-5,8,12H,6-7,9-10H2,(H3,16,17,18,19). The number of benzene rings is 1. The average Bonchev–Trinajstić information content (AvgIpc) is 2.54. The van der Waals surface area contributed by atoms with E-state index in [0.29, 0.717) is 43.8 Å². The van der Waals surface area contributed by atoms with Crippen LogP contribution in [0.1, 0.15) is 0 Å². The molecule has 1 fully saturated rings. The summed E-state index contributed by atoms with van der Waals surface area (Å²) >= 11 is 0. The summed E-state index contributed by atoms with van der Waals surface area (Å²) in [6.07, 6.45) is 0.0371. The second kappa shape index (κ2) is 6.51. The van der Waals surface area contributed by atoms with Crippen LogP contribution in [-0.4, -0.2) is 42.4 Å². The number of hydrogen-bond donors (Lipinski definition) is 2. The Morgan fingerprint density at radius 3 is 2.81 bits per heavy atom. The number of hydrogen-bond acceptors (Lipinski definition) is 6. The molecule has 1 atom stereocenters. The molecule has 3 rings (SSSR count). The van der Waals surface area contributed by atoms with E-state index >= 15 is 0 Å². The van der Waals surface area contributed by atoms with Gasteiger partial charge in [0, 0.05) is 18.2 Å². The molecule has 2 aromatic rings. The first-order valence-corrected chi connectivity index (χ1v) is 6.94. The molecule has 0 bridgehead atoms. The van der Waals surface area contributed by atoms with Crippen LogP contribution < -0.4 is 11.1 Å². The van der Waals surface area contributed by atoms with E-state index in [1.54, 1.807) is 6.07 Å². The Morgan fingerprint density at radius 2 is 2.05 bits per heavy atom. The van der Waals surface area contributed by atoms with Crippen molar-refractivity contribution >= 4 is 11.6 Å². The molecule has 1 aliphatic heterocycles. The van der Waals surface area contributed by atoms with Gasteiger partial charge >= 0.3 is 0 Å². The lowest BCUT2D eigenvalue weighted by Gasteiger charge is -2.23. The van der Waals surface area contributed by atoms with E-state index in [1.807, 2.05) is 30.3 Å². The molecule has 6 heteroatoms. The second-order valence-electron chi connectivity index (χ2n) is 4.82. The maximum absolute atomic E-state index is 5.86. The number of rotatable bonds is 4. The Morgan fingerprint density at radius 1 is 1.19 bits per heavy atom. The predicted octanol–water partition coefficient (Wildman–Crippen LogP) is 1.55. The van der Waals surface area contributed by atoms with Gasteiger partial charge < -0.3 is 20.5 Å². The van der Waals surface area contributed by atoms with Gasteiger partial charge in [0.05, 0.1) is 25.9 Å². The lowest BCUT2D eigenvalue weighted by atomic mass is 10.2. The quantitative estimate of drug-likeness (QED) is 0.887. The Bertz CT molecular complexity index is 585. The highest BCUT2D eigenvalue weighted by atomic mass is 16.6. The van der Waals surface area contributed by atoms with Crippen LogP contribution in [0.3, 0.4) is 0 Å². The molecule has 1 aromatic carbocycles. The Balaban J connectivity index is 1.72. The van der Waals surface area contributed by atoms with Gasteiger partial charge in [-0.2, -0.15) is 0 Å². The third-order valence-electron chi connectivity index (χ3n) is 3.17. The zero-order valence-electron chi connectivity index (χ0n) is 11.7. The lowest BCUT2D eigenvalue weighted by Crippen LogP contribution is -2.34. The molecule has 6 nitrogen and oxygen atoms in total. The van der Waals surface area contributed by atoms with Gasteiger partial charge in [-0.25, -0.2) is 9.97 Å². The minimum atomic E-state index is 0.0371. The van der Waals surface area contributed by atoms with Crippen molar-refractivity contribution in [2.45, 2.75) is 6.10 Å². The molecular formula is C15H18N4O2. The molecule has 0 amide bonds. The van der Waals surface area contributed by atoms with Crippen molar-refractivity contribution in [3.05, 3.63) is 36.4 Å². The molecule has 3 N–H and O–H groups in total. The molecule has 1 unspecified atom stereocenters. The van der Waals surface area contributed by atoms with Gasteiger partial charge in [-0.15, -0.1) is 0 Å². The van der Waals surface area contributed by atoms with Gasteiger partial charge in [0.1, 0.15) is 11.6 Å². The number of nitrogen functional groups attached to an aromatic ring is 1. The van der Waals surface area contributed by atoms with Gasteiger partial charge in [0.25, 0.3) is 0 Å². The summed E-state index contributed by atoms with van der Waals surface area (Å²) in [5.41, 5.74) is 6.79. The number of nitrogens with two attached hydrogens (primary N) is 1. The zero-order valence-corrected chi connectivity index (χ0v) is 11.7. The molecule has 0 aliphatic carbocycles. The first kappa shape index (κ1) is 13.8. The summed E-state index contributed by atoms with van der Waals surface area (Å²) in [5.74, 6) is 1.74. The number of nitrogens with zero attached hydrogens (tertiary/aromatic N) is 2. The fourth-order valence-corrected chi connectivity index (χ4v) is 2.15. The first-order valence-electron chi connectivity index (χ1n) is 6.94. The van der Waals surface area contributed by atoms with Gasteiger partial charge in [-0.3, -0.25) is 0 Å². The molecule has 0 radical (unpaired) electrons. The van der Waals surface area contributed by atoms with E-state index in [-0.39, 0.29) is 6.10 Å². The smallest absolute Gasteiger partial charge is 0.163 e. The summed E-state index contributed by atoms with van der Waals surface area (Å²) in [7, 11) is 0. The molecule has 1 saturated heterocycles. The number of ether oxygens (including phenoxy) is 2. The molecule has 1 aliphatic rings. The summed E-state index contributed by atoms with van der Waals surface area (Å²) in [6.45, 7) is 2.52. The third kappa shape index (κ3) is 3.68. The number of nitrogens with one attached hydrogen (secondary N) is 1. The summed E-state index contributed by atoms with van der Waals surface area (Å²) < 4.78 is 10.9. The van der Waals surface area contributed by atoms with Crippen molar-refractivity contribution < 1.29 is 9.47 Å². The van der Waals surface area contributed by atoms with E-state index in [4.69, 9.17) is 15.2 Å². The Kier molecular flexibility index (Phi) is 4.28.